The number of phenolic OH excluding ortho intramolecular Hbond substituents is 1. The first-order valence-corrected chi connectivity index (χ1v) is 9.35. The van der Waals surface area contributed by atoms with Crippen LogP contribution in [0.15, 0.2) is 12.1 Å². The van der Waals surface area contributed by atoms with Gasteiger partial charge < -0.3 is 5.11 Å². The molecule has 1 nitrogen and oxygen atoms in total. The van der Waals surface area contributed by atoms with E-state index < -0.39 is 0 Å². The van der Waals surface area contributed by atoms with Gasteiger partial charge in [0.25, 0.3) is 0 Å². The molecule has 1 heteroatoms. The SMILES string of the molecule is C.C.CC1CCC(Cc2cc(C(C)(C)C)c(O)c(C(C)(C)C)c2)CC1. The zero-order valence-electron chi connectivity index (χ0n) is 16.3. The van der Waals surface area contributed by atoms with Gasteiger partial charge in [0, 0.05) is 0 Å². The molecule has 1 aromatic rings. The predicted octanol–water partition coefficient (Wildman–Crippen LogP) is 7.63. The molecular formula is C24H44O. The summed E-state index contributed by atoms with van der Waals surface area (Å²) in [5.41, 5.74) is 3.56. The number of aromatic hydroxyl groups is 1. The molecule has 25 heavy (non-hydrogen) atoms. The van der Waals surface area contributed by atoms with E-state index in [0.29, 0.717) is 5.75 Å². The van der Waals surface area contributed by atoms with E-state index in [2.05, 4.69) is 60.6 Å². The van der Waals surface area contributed by atoms with Crippen molar-refractivity contribution in [3.05, 3.63) is 28.8 Å². The van der Waals surface area contributed by atoms with Gasteiger partial charge in [0.15, 0.2) is 0 Å². The highest BCUT2D eigenvalue weighted by atomic mass is 16.3. The highest BCUT2D eigenvalue weighted by Gasteiger charge is 2.27. The van der Waals surface area contributed by atoms with Gasteiger partial charge in [-0.15, -0.1) is 0 Å². The van der Waals surface area contributed by atoms with Crippen molar-refractivity contribution in [3.63, 3.8) is 0 Å². The average Bonchev–Trinajstić information content (AvgIpc) is 2.40. The van der Waals surface area contributed by atoms with Crippen LogP contribution in [-0.2, 0) is 17.3 Å². The van der Waals surface area contributed by atoms with Gasteiger partial charge >= 0.3 is 0 Å². The Hall–Kier alpha value is -0.980. The first-order valence-electron chi connectivity index (χ1n) is 9.35. The van der Waals surface area contributed by atoms with Crippen molar-refractivity contribution in [3.8, 4) is 5.75 Å². The summed E-state index contributed by atoms with van der Waals surface area (Å²) in [5, 5.41) is 10.8. The zero-order valence-corrected chi connectivity index (χ0v) is 16.3. The summed E-state index contributed by atoms with van der Waals surface area (Å²) in [4.78, 5) is 0. The Bertz CT molecular complexity index is 499. The topological polar surface area (TPSA) is 20.2 Å². The summed E-state index contributed by atoms with van der Waals surface area (Å²) in [6.07, 6.45) is 6.64. The maximum Gasteiger partial charge on any atom is 0.123 e. The fourth-order valence-corrected chi connectivity index (χ4v) is 3.82. The Morgan fingerprint density at radius 2 is 1.24 bits per heavy atom. The molecular weight excluding hydrogens is 304 g/mol. The van der Waals surface area contributed by atoms with Gasteiger partial charge in [-0.1, -0.05) is 88.3 Å². The van der Waals surface area contributed by atoms with E-state index in [0.717, 1.165) is 23.0 Å². The summed E-state index contributed by atoms with van der Waals surface area (Å²) < 4.78 is 0. The smallest absolute Gasteiger partial charge is 0.123 e. The minimum absolute atomic E-state index is 0. The lowest BCUT2D eigenvalue weighted by atomic mass is 9.76. The molecule has 0 amide bonds. The van der Waals surface area contributed by atoms with Gasteiger partial charge in [-0.05, 0) is 58.6 Å². The minimum atomic E-state index is -0.0266. The standard InChI is InChI=1S/C22H36O.2CH4/c1-15-8-10-16(11-9-15)12-17-13-18(21(2,3)4)20(23)19(14-17)22(5,6)7;;/h13-16,23H,8-12H2,1-7H3;2*1H4. The van der Waals surface area contributed by atoms with Crippen LogP contribution in [0.4, 0.5) is 0 Å². The number of rotatable bonds is 2. The van der Waals surface area contributed by atoms with E-state index in [9.17, 15) is 5.11 Å². The van der Waals surface area contributed by atoms with Crippen LogP contribution in [-0.4, -0.2) is 5.11 Å². The number of phenols is 1. The van der Waals surface area contributed by atoms with E-state index in [-0.39, 0.29) is 25.7 Å². The van der Waals surface area contributed by atoms with Crippen LogP contribution in [0.3, 0.4) is 0 Å². The van der Waals surface area contributed by atoms with Crippen molar-refractivity contribution in [1.82, 2.24) is 0 Å². The summed E-state index contributed by atoms with van der Waals surface area (Å²) >= 11 is 0. The molecule has 0 bridgehead atoms. The Balaban J connectivity index is 0.00000288. The van der Waals surface area contributed by atoms with Crippen LogP contribution in [0.1, 0.15) is 106 Å². The molecule has 0 heterocycles. The lowest BCUT2D eigenvalue weighted by molar-refractivity contribution is 0.288. The largest absolute Gasteiger partial charge is 0.507 e. The molecule has 0 atom stereocenters. The lowest BCUT2D eigenvalue weighted by Crippen LogP contribution is -2.19. The Kier molecular flexibility index (Phi) is 8.27. The van der Waals surface area contributed by atoms with Gasteiger partial charge in [-0.25, -0.2) is 0 Å². The summed E-state index contributed by atoms with van der Waals surface area (Å²) in [7, 11) is 0. The molecule has 0 spiro atoms. The Labute approximate surface area is 158 Å². The van der Waals surface area contributed by atoms with Crippen LogP contribution >= 0.6 is 0 Å². The Morgan fingerprint density at radius 1 is 0.840 bits per heavy atom. The third-order valence-corrected chi connectivity index (χ3v) is 5.45. The van der Waals surface area contributed by atoms with E-state index in [4.69, 9.17) is 0 Å². The van der Waals surface area contributed by atoms with Crippen molar-refractivity contribution in [2.75, 3.05) is 0 Å². The lowest BCUT2D eigenvalue weighted by Gasteiger charge is -2.30. The molecule has 0 saturated heterocycles. The van der Waals surface area contributed by atoms with Gasteiger partial charge in [-0.2, -0.15) is 0 Å². The van der Waals surface area contributed by atoms with Crippen LogP contribution in [0, 0.1) is 11.8 Å². The van der Waals surface area contributed by atoms with Crippen LogP contribution in [0.2, 0.25) is 0 Å². The molecule has 0 aliphatic heterocycles. The van der Waals surface area contributed by atoms with E-state index in [1.54, 1.807) is 0 Å². The summed E-state index contributed by atoms with van der Waals surface area (Å²) in [5.74, 6) is 2.23. The second-order valence-electron chi connectivity index (χ2n) is 9.87. The molecule has 0 radical (unpaired) electrons. The van der Waals surface area contributed by atoms with Crippen LogP contribution in [0.5, 0.6) is 5.75 Å². The zero-order chi connectivity index (χ0) is 17.4. The van der Waals surface area contributed by atoms with Gasteiger partial charge in [-0.3, -0.25) is 0 Å². The Morgan fingerprint density at radius 3 is 1.60 bits per heavy atom. The van der Waals surface area contributed by atoms with Crippen molar-refractivity contribution < 1.29 is 5.11 Å². The quantitative estimate of drug-likeness (QED) is 0.582. The van der Waals surface area contributed by atoms with Gasteiger partial charge in [0.1, 0.15) is 5.75 Å². The fraction of sp³-hybridized carbons (Fsp3) is 0.750. The third kappa shape index (κ3) is 6.04. The average molecular weight is 349 g/mol. The predicted molar refractivity (Wildman–Crippen MR) is 114 cm³/mol. The van der Waals surface area contributed by atoms with E-state index >= 15 is 0 Å². The maximum atomic E-state index is 10.8. The molecule has 1 aromatic carbocycles. The molecule has 2 rings (SSSR count). The molecule has 1 saturated carbocycles. The normalized spacial score (nSPS) is 21.2. The molecule has 0 aromatic heterocycles. The minimum Gasteiger partial charge on any atom is -0.507 e. The van der Waals surface area contributed by atoms with Crippen LogP contribution in [0.25, 0.3) is 0 Å². The molecule has 1 aliphatic rings. The third-order valence-electron chi connectivity index (χ3n) is 5.45. The molecule has 1 aliphatic carbocycles. The summed E-state index contributed by atoms with van der Waals surface area (Å²) in [6, 6.07) is 4.53. The van der Waals surface area contributed by atoms with Crippen LogP contribution < -0.4 is 0 Å². The van der Waals surface area contributed by atoms with Gasteiger partial charge in [0.05, 0.1) is 0 Å². The number of benzene rings is 1. The fourth-order valence-electron chi connectivity index (χ4n) is 3.82. The van der Waals surface area contributed by atoms with Crippen molar-refractivity contribution in [1.29, 1.82) is 0 Å². The van der Waals surface area contributed by atoms with E-state index in [1.165, 1.54) is 37.7 Å². The first kappa shape index (κ1) is 24.0. The summed E-state index contributed by atoms with van der Waals surface area (Å²) in [6.45, 7) is 15.6. The molecule has 146 valence electrons. The highest BCUT2D eigenvalue weighted by Crippen LogP contribution is 2.41. The van der Waals surface area contributed by atoms with Crippen molar-refractivity contribution in [2.24, 2.45) is 11.8 Å². The monoisotopic (exact) mass is 348 g/mol. The second kappa shape index (κ2) is 8.60. The van der Waals surface area contributed by atoms with Crippen molar-refractivity contribution >= 4 is 0 Å². The first-order chi connectivity index (χ1) is 10.5. The maximum absolute atomic E-state index is 10.8. The number of hydrogen-bond acceptors (Lipinski definition) is 1. The molecule has 1 fully saturated rings. The number of hydrogen-bond donors (Lipinski definition) is 1. The van der Waals surface area contributed by atoms with E-state index in [1.807, 2.05) is 0 Å². The molecule has 0 unspecified atom stereocenters. The van der Waals surface area contributed by atoms with Gasteiger partial charge in [0.2, 0.25) is 0 Å². The molecule has 1 N–H and O–H groups in total. The second-order valence-corrected chi connectivity index (χ2v) is 9.87. The van der Waals surface area contributed by atoms with Crippen molar-refractivity contribution in [2.45, 2.75) is 106 Å². The highest BCUT2D eigenvalue weighted by molar-refractivity contribution is 5.50.